The quantitative estimate of drug-likeness (QED) is 0.641. The Morgan fingerprint density at radius 3 is 2.94 bits per heavy atom. The summed E-state index contributed by atoms with van der Waals surface area (Å²) in [6.07, 6.45) is 0.966. The summed E-state index contributed by atoms with van der Waals surface area (Å²) in [7, 11) is 1.85. The molecule has 0 radical (unpaired) electrons. The molecular formula is C12H14N4O2. The Hall–Kier alpha value is -2.13. The zero-order valence-corrected chi connectivity index (χ0v) is 10.1. The lowest BCUT2D eigenvalue weighted by Crippen LogP contribution is -2.33. The molecule has 94 valence electrons. The summed E-state index contributed by atoms with van der Waals surface area (Å²) in [4.78, 5) is 12.5. The van der Waals surface area contributed by atoms with Gasteiger partial charge in [-0.1, -0.05) is 0 Å². The van der Waals surface area contributed by atoms with Crippen molar-refractivity contribution in [1.29, 1.82) is 5.26 Å². The maximum atomic E-state index is 11.1. The van der Waals surface area contributed by atoms with Crippen LogP contribution < -0.4 is 10.2 Å². The number of hydrogen-bond donors (Lipinski definition) is 1. The molecule has 6 heteroatoms. The van der Waals surface area contributed by atoms with Crippen molar-refractivity contribution in [3.63, 3.8) is 0 Å². The molecule has 1 heterocycles. The molecule has 1 aliphatic rings. The van der Waals surface area contributed by atoms with Gasteiger partial charge in [-0.2, -0.15) is 5.26 Å². The van der Waals surface area contributed by atoms with Crippen LogP contribution in [0, 0.1) is 21.4 Å². The van der Waals surface area contributed by atoms with E-state index in [1.165, 1.54) is 6.07 Å². The molecule has 1 saturated heterocycles. The first-order valence-electron chi connectivity index (χ1n) is 5.75. The third kappa shape index (κ3) is 2.26. The Labute approximate surface area is 105 Å². The summed E-state index contributed by atoms with van der Waals surface area (Å²) in [6, 6.07) is 6.77. The minimum absolute atomic E-state index is 0.0107. The highest BCUT2D eigenvalue weighted by Crippen LogP contribution is 2.30. The second-order valence-electron chi connectivity index (χ2n) is 4.33. The van der Waals surface area contributed by atoms with E-state index in [-0.39, 0.29) is 11.7 Å². The van der Waals surface area contributed by atoms with Crippen molar-refractivity contribution in [2.75, 3.05) is 25.0 Å². The Balaban J connectivity index is 2.37. The van der Waals surface area contributed by atoms with Crippen LogP contribution in [0.1, 0.15) is 12.0 Å². The lowest BCUT2D eigenvalue weighted by atomic mass is 10.1. The fourth-order valence-electron chi connectivity index (χ4n) is 2.20. The van der Waals surface area contributed by atoms with Crippen LogP contribution in [0.15, 0.2) is 18.2 Å². The first-order valence-corrected chi connectivity index (χ1v) is 5.75. The van der Waals surface area contributed by atoms with E-state index in [0.717, 1.165) is 19.5 Å². The Bertz CT molecular complexity index is 503. The van der Waals surface area contributed by atoms with Crippen molar-refractivity contribution < 1.29 is 4.92 Å². The van der Waals surface area contributed by atoms with Gasteiger partial charge in [0, 0.05) is 25.7 Å². The second kappa shape index (κ2) is 5.02. The third-order valence-electron chi connectivity index (χ3n) is 3.26. The smallest absolute Gasteiger partial charge is 0.293 e. The van der Waals surface area contributed by atoms with E-state index in [4.69, 9.17) is 5.26 Å². The molecular weight excluding hydrogens is 232 g/mol. The molecule has 6 nitrogen and oxygen atoms in total. The van der Waals surface area contributed by atoms with Gasteiger partial charge >= 0.3 is 0 Å². The Morgan fingerprint density at radius 2 is 2.39 bits per heavy atom. The summed E-state index contributed by atoms with van der Waals surface area (Å²) in [6.45, 7) is 1.76. The molecule has 18 heavy (non-hydrogen) atoms. The van der Waals surface area contributed by atoms with Crippen molar-refractivity contribution in [1.82, 2.24) is 5.32 Å². The predicted octanol–water partition coefficient (Wildman–Crippen LogP) is 1.26. The highest BCUT2D eigenvalue weighted by Gasteiger charge is 2.25. The van der Waals surface area contributed by atoms with Gasteiger partial charge < -0.3 is 10.2 Å². The minimum atomic E-state index is -0.435. The summed E-state index contributed by atoms with van der Waals surface area (Å²) < 4.78 is 0. The molecule has 0 bridgehead atoms. The lowest BCUT2D eigenvalue weighted by Gasteiger charge is -2.25. The number of nitriles is 1. The Morgan fingerprint density at radius 1 is 1.61 bits per heavy atom. The van der Waals surface area contributed by atoms with E-state index in [1.807, 2.05) is 18.0 Å². The summed E-state index contributed by atoms with van der Waals surface area (Å²) >= 11 is 0. The van der Waals surface area contributed by atoms with Gasteiger partial charge in [0.25, 0.3) is 5.69 Å². The van der Waals surface area contributed by atoms with Crippen LogP contribution in [0.2, 0.25) is 0 Å². The number of nitro groups is 1. The van der Waals surface area contributed by atoms with E-state index in [1.54, 1.807) is 12.1 Å². The van der Waals surface area contributed by atoms with Crippen LogP contribution in [0.5, 0.6) is 0 Å². The van der Waals surface area contributed by atoms with E-state index in [9.17, 15) is 10.1 Å². The van der Waals surface area contributed by atoms with Gasteiger partial charge in [0.15, 0.2) is 0 Å². The number of nitrogens with one attached hydrogen (secondary N) is 1. The number of nitrogens with zero attached hydrogens (tertiary/aromatic N) is 3. The molecule has 1 aromatic carbocycles. The van der Waals surface area contributed by atoms with Crippen molar-refractivity contribution in [3.05, 3.63) is 33.9 Å². The number of likely N-dealkylation sites (N-methyl/N-ethyl adjacent to an activating group) is 1. The largest absolute Gasteiger partial charge is 0.365 e. The zero-order chi connectivity index (χ0) is 13.1. The molecule has 1 aromatic rings. The van der Waals surface area contributed by atoms with E-state index in [2.05, 4.69) is 5.32 Å². The van der Waals surface area contributed by atoms with Crippen LogP contribution >= 0.6 is 0 Å². The molecule has 1 aliphatic heterocycles. The molecule has 1 unspecified atom stereocenters. The SMILES string of the molecule is CN(c1ccc(C#N)cc1[N+](=O)[O-])C1CCNC1. The van der Waals surface area contributed by atoms with E-state index < -0.39 is 4.92 Å². The minimum Gasteiger partial charge on any atom is -0.365 e. The van der Waals surface area contributed by atoms with Crippen LogP contribution in [0.3, 0.4) is 0 Å². The number of anilines is 1. The van der Waals surface area contributed by atoms with Gasteiger partial charge in [0.2, 0.25) is 0 Å². The van der Waals surface area contributed by atoms with Crippen LogP contribution in [0.4, 0.5) is 11.4 Å². The third-order valence-corrected chi connectivity index (χ3v) is 3.26. The van der Waals surface area contributed by atoms with Gasteiger partial charge in [-0.05, 0) is 25.1 Å². The molecule has 2 rings (SSSR count). The van der Waals surface area contributed by atoms with Crippen molar-refractivity contribution >= 4 is 11.4 Å². The highest BCUT2D eigenvalue weighted by atomic mass is 16.6. The second-order valence-corrected chi connectivity index (χ2v) is 4.33. The molecule has 0 spiro atoms. The molecule has 1 fully saturated rings. The average Bonchev–Trinajstić information content (AvgIpc) is 2.91. The first-order chi connectivity index (χ1) is 8.63. The number of nitro benzene ring substituents is 1. The first kappa shape index (κ1) is 12.3. The Kier molecular flexibility index (Phi) is 3.44. The van der Waals surface area contributed by atoms with Crippen LogP contribution in [-0.2, 0) is 0 Å². The molecule has 0 aliphatic carbocycles. The zero-order valence-electron chi connectivity index (χ0n) is 10.1. The van der Waals surface area contributed by atoms with Crippen LogP contribution in [-0.4, -0.2) is 31.1 Å². The summed E-state index contributed by atoms with van der Waals surface area (Å²) in [5, 5.41) is 23.1. The van der Waals surface area contributed by atoms with Crippen molar-refractivity contribution in [2.45, 2.75) is 12.5 Å². The standard InChI is InChI=1S/C12H14N4O2/c1-15(10-4-5-14-8-10)11-3-2-9(7-13)6-12(11)16(17)18/h2-3,6,10,14H,4-5,8H2,1H3. The highest BCUT2D eigenvalue weighted by molar-refractivity contribution is 5.65. The van der Waals surface area contributed by atoms with Crippen molar-refractivity contribution in [3.8, 4) is 6.07 Å². The average molecular weight is 246 g/mol. The fourth-order valence-corrected chi connectivity index (χ4v) is 2.20. The lowest BCUT2D eigenvalue weighted by molar-refractivity contribution is -0.384. The molecule has 0 amide bonds. The molecule has 0 aromatic heterocycles. The summed E-state index contributed by atoms with van der Waals surface area (Å²) in [5.41, 5.74) is 0.861. The van der Waals surface area contributed by atoms with Crippen molar-refractivity contribution in [2.24, 2.45) is 0 Å². The summed E-state index contributed by atoms with van der Waals surface area (Å²) in [5.74, 6) is 0. The van der Waals surface area contributed by atoms with Crippen LogP contribution in [0.25, 0.3) is 0 Å². The fraction of sp³-hybridized carbons (Fsp3) is 0.417. The van der Waals surface area contributed by atoms with Gasteiger partial charge in [0.05, 0.1) is 16.6 Å². The van der Waals surface area contributed by atoms with Gasteiger partial charge in [-0.15, -0.1) is 0 Å². The van der Waals surface area contributed by atoms with Gasteiger partial charge in [0.1, 0.15) is 5.69 Å². The predicted molar refractivity (Wildman–Crippen MR) is 67.5 cm³/mol. The van der Waals surface area contributed by atoms with Gasteiger partial charge in [-0.25, -0.2) is 0 Å². The monoisotopic (exact) mass is 246 g/mol. The molecule has 1 N–H and O–H groups in total. The van der Waals surface area contributed by atoms with Gasteiger partial charge in [-0.3, -0.25) is 10.1 Å². The van der Waals surface area contributed by atoms with E-state index >= 15 is 0 Å². The molecule has 1 atom stereocenters. The number of rotatable bonds is 3. The molecule has 0 saturated carbocycles. The number of benzene rings is 1. The maximum Gasteiger partial charge on any atom is 0.293 e. The van der Waals surface area contributed by atoms with E-state index in [0.29, 0.717) is 11.3 Å². The topological polar surface area (TPSA) is 82.2 Å². The normalized spacial score (nSPS) is 18.3. The number of hydrogen-bond acceptors (Lipinski definition) is 5. The maximum absolute atomic E-state index is 11.1.